The van der Waals surface area contributed by atoms with Gasteiger partial charge >= 0.3 is 5.97 Å². The fourth-order valence-electron chi connectivity index (χ4n) is 3.87. The van der Waals surface area contributed by atoms with Crippen LogP contribution in [0.1, 0.15) is 16.8 Å². The molecule has 1 aliphatic heterocycles. The van der Waals surface area contributed by atoms with Gasteiger partial charge in [0, 0.05) is 12.5 Å². The summed E-state index contributed by atoms with van der Waals surface area (Å²) >= 11 is 0. The molecule has 150 valence electrons. The summed E-state index contributed by atoms with van der Waals surface area (Å²) in [6, 6.07) is 6.26. The van der Waals surface area contributed by atoms with Crippen LogP contribution >= 0.6 is 0 Å². The number of esters is 1. The molecule has 0 saturated heterocycles. The Morgan fingerprint density at radius 3 is 2.69 bits per heavy atom. The SMILES string of the molecule is COC(=O)C1C(=O)NC(c2ncc(F)cc2F)=NC12c1ccccc1CC2(F)F. The lowest BCUT2D eigenvalue weighted by atomic mass is 9.75. The molecule has 2 aromatic rings. The number of aromatic nitrogens is 1. The number of nitrogens with zero attached hydrogens (tertiary/aromatic N) is 2. The number of carbonyl (C=O) groups is 2. The lowest BCUT2D eigenvalue weighted by Crippen LogP contribution is -2.60. The highest BCUT2D eigenvalue weighted by molar-refractivity contribution is 6.15. The topological polar surface area (TPSA) is 80.7 Å². The molecule has 10 heteroatoms. The summed E-state index contributed by atoms with van der Waals surface area (Å²) in [4.78, 5) is 32.6. The molecule has 1 aromatic carbocycles. The highest BCUT2D eigenvalue weighted by Crippen LogP contribution is 2.56. The van der Waals surface area contributed by atoms with Gasteiger partial charge in [0.2, 0.25) is 5.91 Å². The first-order valence-electron chi connectivity index (χ1n) is 8.47. The van der Waals surface area contributed by atoms with Gasteiger partial charge in [-0.25, -0.2) is 27.5 Å². The molecule has 1 N–H and O–H groups in total. The second-order valence-corrected chi connectivity index (χ2v) is 6.69. The van der Waals surface area contributed by atoms with Crippen molar-refractivity contribution in [2.45, 2.75) is 17.9 Å². The maximum atomic E-state index is 15.4. The second-order valence-electron chi connectivity index (χ2n) is 6.69. The summed E-state index contributed by atoms with van der Waals surface area (Å²) in [6.45, 7) is 0. The number of pyridine rings is 1. The van der Waals surface area contributed by atoms with Gasteiger partial charge in [-0.2, -0.15) is 0 Å². The monoisotopic (exact) mass is 407 g/mol. The molecule has 0 saturated carbocycles. The van der Waals surface area contributed by atoms with E-state index < -0.39 is 58.8 Å². The minimum atomic E-state index is -3.67. The number of benzene rings is 1. The van der Waals surface area contributed by atoms with Crippen molar-refractivity contribution in [1.82, 2.24) is 10.3 Å². The third-order valence-corrected chi connectivity index (χ3v) is 5.08. The lowest BCUT2D eigenvalue weighted by Gasteiger charge is -2.40. The van der Waals surface area contributed by atoms with E-state index in [2.05, 4.69) is 20.0 Å². The Hall–Kier alpha value is -3.30. The molecule has 0 fully saturated rings. The Kier molecular flexibility index (Phi) is 4.18. The highest BCUT2D eigenvalue weighted by atomic mass is 19.3. The van der Waals surface area contributed by atoms with Crippen molar-refractivity contribution >= 4 is 17.7 Å². The minimum absolute atomic E-state index is 0.0460. The van der Waals surface area contributed by atoms with Crippen molar-refractivity contribution in [2.75, 3.05) is 7.11 Å². The average molecular weight is 407 g/mol. The van der Waals surface area contributed by atoms with Crippen LogP contribution in [0.2, 0.25) is 0 Å². The van der Waals surface area contributed by atoms with Crippen molar-refractivity contribution in [2.24, 2.45) is 10.9 Å². The normalized spacial score (nSPS) is 24.7. The first-order chi connectivity index (χ1) is 13.7. The van der Waals surface area contributed by atoms with E-state index in [9.17, 15) is 18.4 Å². The highest BCUT2D eigenvalue weighted by Gasteiger charge is 2.70. The summed E-state index contributed by atoms with van der Waals surface area (Å²) in [6.07, 6.45) is -0.118. The number of carbonyl (C=O) groups excluding carboxylic acids is 2. The lowest BCUT2D eigenvalue weighted by molar-refractivity contribution is -0.164. The molecule has 2 aliphatic rings. The number of methoxy groups -OCH3 is 1. The van der Waals surface area contributed by atoms with Gasteiger partial charge in [0.25, 0.3) is 5.92 Å². The van der Waals surface area contributed by atoms with Crippen LogP contribution in [-0.4, -0.2) is 35.7 Å². The van der Waals surface area contributed by atoms with E-state index in [-0.39, 0.29) is 11.1 Å². The van der Waals surface area contributed by atoms with Gasteiger partial charge in [-0.1, -0.05) is 24.3 Å². The maximum Gasteiger partial charge on any atom is 0.321 e. The standard InChI is InChI=1S/C19H13F4N3O3/c1-29-17(28)13-16(27)25-15(14-12(21)6-10(20)8-24-14)26-19(13)11-5-3-2-4-9(11)7-18(19,22)23/h2-6,8,13H,7H2,1H3,(H,25,26,27). The van der Waals surface area contributed by atoms with Gasteiger partial charge in [0.15, 0.2) is 23.1 Å². The molecular weight excluding hydrogens is 394 g/mol. The summed E-state index contributed by atoms with van der Waals surface area (Å²) < 4.78 is 62.8. The van der Waals surface area contributed by atoms with Gasteiger partial charge < -0.3 is 10.1 Å². The Labute approximate surface area is 161 Å². The molecule has 1 aliphatic carbocycles. The van der Waals surface area contributed by atoms with Crippen molar-refractivity contribution in [3.63, 3.8) is 0 Å². The van der Waals surface area contributed by atoms with E-state index in [1.807, 2.05) is 0 Å². The molecule has 0 bridgehead atoms. The number of halogens is 4. The minimum Gasteiger partial charge on any atom is -0.468 e. The molecule has 1 aromatic heterocycles. The van der Waals surface area contributed by atoms with Gasteiger partial charge in [-0.05, 0) is 11.1 Å². The first kappa shape index (κ1) is 19.0. The number of nitrogens with one attached hydrogen (secondary N) is 1. The van der Waals surface area contributed by atoms with Crippen LogP contribution in [0.4, 0.5) is 17.6 Å². The number of hydrogen-bond donors (Lipinski definition) is 1. The van der Waals surface area contributed by atoms with Crippen molar-refractivity contribution < 1.29 is 31.9 Å². The second kappa shape index (κ2) is 6.36. The Morgan fingerprint density at radius 1 is 1.28 bits per heavy atom. The third kappa shape index (κ3) is 2.62. The van der Waals surface area contributed by atoms with E-state index in [0.717, 1.165) is 7.11 Å². The zero-order chi connectivity index (χ0) is 21.0. The van der Waals surface area contributed by atoms with E-state index >= 15 is 8.78 Å². The van der Waals surface area contributed by atoms with E-state index in [1.165, 1.54) is 24.3 Å². The third-order valence-electron chi connectivity index (χ3n) is 5.08. The zero-order valence-corrected chi connectivity index (χ0v) is 14.9. The number of rotatable bonds is 2. The number of alkyl halides is 2. The smallest absolute Gasteiger partial charge is 0.321 e. The number of amides is 1. The van der Waals surface area contributed by atoms with Gasteiger partial charge in [-0.3, -0.25) is 9.59 Å². The quantitative estimate of drug-likeness (QED) is 0.470. The number of fused-ring (bicyclic) bond motifs is 2. The summed E-state index contributed by atoms with van der Waals surface area (Å²) in [5.41, 5.74) is -3.13. The molecule has 4 rings (SSSR count). The van der Waals surface area contributed by atoms with Crippen LogP contribution < -0.4 is 5.32 Å². The van der Waals surface area contributed by atoms with E-state index in [1.54, 1.807) is 0 Å². The summed E-state index contributed by atoms with van der Waals surface area (Å²) in [5, 5.41) is 2.13. The molecule has 2 atom stereocenters. The molecule has 29 heavy (non-hydrogen) atoms. The van der Waals surface area contributed by atoms with E-state index in [4.69, 9.17) is 0 Å². The predicted octanol–water partition coefficient (Wildman–Crippen LogP) is 2.11. The number of hydrogen-bond acceptors (Lipinski definition) is 5. The molecule has 1 amide bonds. The van der Waals surface area contributed by atoms with Crippen molar-refractivity contribution in [3.05, 3.63) is 65.0 Å². The molecular formula is C19H13F4N3O3. The predicted molar refractivity (Wildman–Crippen MR) is 91.1 cm³/mol. The van der Waals surface area contributed by atoms with E-state index in [0.29, 0.717) is 12.3 Å². The van der Waals surface area contributed by atoms with Crippen LogP contribution in [0.3, 0.4) is 0 Å². The molecule has 0 radical (unpaired) electrons. The van der Waals surface area contributed by atoms with Gasteiger partial charge in [0.1, 0.15) is 11.5 Å². The van der Waals surface area contributed by atoms with Crippen molar-refractivity contribution in [3.8, 4) is 0 Å². The Balaban J connectivity index is 2.03. The Bertz CT molecular complexity index is 1070. The van der Waals surface area contributed by atoms with Crippen LogP contribution in [0.5, 0.6) is 0 Å². The number of aliphatic imine (C=N–C) groups is 1. The first-order valence-corrected chi connectivity index (χ1v) is 8.47. The van der Waals surface area contributed by atoms with Crippen LogP contribution in [-0.2, 0) is 26.3 Å². The molecule has 2 heterocycles. The average Bonchev–Trinajstić information content (AvgIpc) is 2.87. The molecule has 1 spiro atoms. The van der Waals surface area contributed by atoms with Crippen molar-refractivity contribution in [1.29, 1.82) is 0 Å². The zero-order valence-electron chi connectivity index (χ0n) is 14.9. The van der Waals surface area contributed by atoms with Crippen LogP contribution in [0.15, 0.2) is 41.5 Å². The number of amidine groups is 1. The van der Waals surface area contributed by atoms with Gasteiger partial charge in [0.05, 0.1) is 13.3 Å². The van der Waals surface area contributed by atoms with Crippen LogP contribution in [0, 0.1) is 17.6 Å². The molecule has 2 unspecified atom stereocenters. The Morgan fingerprint density at radius 2 is 2.00 bits per heavy atom. The molecule has 6 nitrogen and oxygen atoms in total. The fraction of sp³-hybridized carbons (Fsp3) is 0.263. The van der Waals surface area contributed by atoms with Gasteiger partial charge in [-0.15, -0.1) is 0 Å². The van der Waals surface area contributed by atoms with Crippen LogP contribution in [0.25, 0.3) is 0 Å². The largest absolute Gasteiger partial charge is 0.468 e. The maximum absolute atomic E-state index is 15.4. The number of ether oxygens (including phenoxy) is 1. The summed E-state index contributed by atoms with van der Waals surface area (Å²) in [5.74, 6) is -10.9. The fourth-order valence-corrected chi connectivity index (χ4v) is 3.87. The summed E-state index contributed by atoms with van der Waals surface area (Å²) in [7, 11) is 0.961.